The van der Waals surface area contributed by atoms with E-state index in [4.69, 9.17) is 5.26 Å². The fraction of sp³-hybridized carbons (Fsp3) is 0.250. The van der Waals surface area contributed by atoms with Gasteiger partial charge in [0.25, 0.3) is 5.91 Å². The van der Waals surface area contributed by atoms with Gasteiger partial charge in [-0.05, 0) is 18.2 Å². The van der Waals surface area contributed by atoms with E-state index < -0.39 is 0 Å². The minimum absolute atomic E-state index is 0.0976. The van der Waals surface area contributed by atoms with Gasteiger partial charge in [-0.25, -0.2) is 4.98 Å². The van der Waals surface area contributed by atoms with Crippen LogP contribution in [0.5, 0.6) is 0 Å². The zero-order chi connectivity index (χ0) is 16.2. The molecular weight excluding hydrogens is 294 g/mol. The van der Waals surface area contributed by atoms with E-state index in [0.29, 0.717) is 37.3 Å². The lowest BCUT2D eigenvalue weighted by atomic mass is 10.2. The van der Waals surface area contributed by atoms with Gasteiger partial charge in [-0.15, -0.1) is 0 Å². The Morgan fingerprint density at radius 2 is 2.00 bits per heavy atom. The van der Waals surface area contributed by atoms with Gasteiger partial charge in [0.15, 0.2) is 0 Å². The first-order valence-electron chi connectivity index (χ1n) is 7.26. The highest BCUT2D eigenvalue weighted by Crippen LogP contribution is 2.15. The summed E-state index contributed by atoms with van der Waals surface area (Å²) in [4.78, 5) is 34.0. The zero-order valence-corrected chi connectivity index (χ0v) is 12.4. The first-order chi connectivity index (χ1) is 11.2. The molecule has 1 saturated heterocycles. The first kappa shape index (κ1) is 14.8. The average Bonchev–Trinajstić information content (AvgIpc) is 2.62. The van der Waals surface area contributed by atoms with E-state index in [2.05, 4.69) is 20.9 Å². The normalized spacial score (nSPS) is 14.4. The largest absolute Gasteiger partial charge is 0.353 e. The SMILES string of the molecule is N#Cc1ccnc(N2CCN(C(=O)c3ccc(=O)[nH]c3)CC2)c1. The van der Waals surface area contributed by atoms with Gasteiger partial charge in [0, 0.05) is 44.6 Å². The van der Waals surface area contributed by atoms with E-state index in [1.165, 1.54) is 18.3 Å². The van der Waals surface area contributed by atoms with Gasteiger partial charge in [0.2, 0.25) is 5.56 Å². The monoisotopic (exact) mass is 309 g/mol. The minimum Gasteiger partial charge on any atom is -0.353 e. The molecule has 0 atom stereocenters. The molecule has 0 spiro atoms. The molecule has 0 saturated carbocycles. The number of nitrogens with zero attached hydrogens (tertiary/aromatic N) is 4. The number of H-pyrrole nitrogens is 1. The van der Waals surface area contributed by atoms with Crippen molar-refractivity contribution in [3.63, 3.8) is 0 Å². The summed E-state index contributed by atoms with van der Waals surface area (Å²) < 4.78 is 0. The summed E-state index contributed by atoms with van der Waals surface area (Å²) in [7, 11) is 0. The van der Waals surface area contributed by atoms with Crippen molar-refractivity contribution in [2.24, 2.45) is 0 Å². The van der Waals surface area contributed by atoms with E-state index in [1.54, 1.807) is 23.2 Å². The second-order valence-electron chi connectivity index (χ2n) is 5.24. The van der Waals surface area contributed by atoms with Crippen molar-refractivity contribution in [1.82, 2.24) is 14.9 Å². The summed E-state index contributed by atoms with van der Waals surface area (Å²) in [6.45, 7) is 2.43. The van der Waals surface area contributed by atoms with Gasteiger partial charge in [-0.1, -0.05) is 0 Å². The standard InChI is InChI=1S/C16H15N5O2/c17-10-12-3-4-18-14(9-12)20-5-7-21(8-6-20)16(23)13-1-2-15(22)19-11-13/h1-4,9,11H,5-8H2,(H,19,22). The van der Waals surface area contributed by atoms with Crippen LogP contribution in [-0.2, 0) is 0 Å². The van der Waals surface area contributed by atoms with Gasteiger partial charge in [0.05, 0.1) is 17.2 Å². The number of hydrogen-bond donors (Lipinski definition) is 1. The number of pyridine rings is 2. The van der Waals surface area contributed by atoms with E-state index in [9.17, 15) is 9.59 Å². The summed E-state index contributed by atoms with van der Waals surface area (Å²) in [5.74, 6) is 0.653. The number of nitriles is 1. The zero-order valence-electron chi connectivity index (χ0n) is 12.4. The summed E-state index contributed by atoms with van der Waals surface area (Å²) in [5, 5.41) is 8.95. The Morgan fingerprint density at radius 3 is 2.65 bits per heavy atom. The van der Waals surface area contributed by atoms with Crippen LogP contribution in [0.4, 0.5) is 5.82 Å². The second-order valence-corrected chi connectivity index (χ2v) is 5.24. The fourth-order valence-electron chi connectivity index (χ4n) is 2.53. The van der Waals surface area contributed by atoms with Gasteiger partial charge < -0.3 is 14.8 Å². The summed E-state index contributed by atoms with van der Waals surface area (Å²) in [6, 6.07) is 8.40. The fourth-order valence-corrected chi connectivity index (χ4v) is 2.53. The number of anilines is 1. The molecule has 7 nitrogen and oxygen atoms in total. The smallest absolute Gasteiger partial charge is 0.255 e. The number of carbonyl (C=O) groups excluding carboxylic acids is 1. The molecule has 0 aromatic carbocycles. The van der Waals surface area contributed by atoms with Crippen LogP contribution in [0.25, 0.3) is 0 Å². The quantitative estimate of drug-likeness (QED) is 0.877. The molecule has 1 aliphatic heterocycles. The topological polar surface area (TPSA) is 93.1 Å². The number of aromatic amines is 1. The van der Waals surface area contributed by atoms with E-state index in [0.717, 1.165) is 5.82 Å². The average molecular weight is 309 g/mol. The molecule has 3 rings (SSSR count). The van der Waals surface area contributed by atoms with Gasteiger partial charge in [-0.3, -0.25) is 9.59 Å². The second kappa shape index (κ2) is 6.32. The lowest BCUT2D eigenvalue weighted by Crippen LogP contribution is -2.49. The molecule has 1 fully saturated rings. The lowest BCUT2D eigenvalue weighted by molar-refractivity contribution is 0.0746. The summed E-state index contributed by atoms with van der Waals surface area (Å²) in [5.41, 5.74) is 0.819. The highest BCUT2D eigenvalue weighted by Gasteiger charge is 2.23. The van der Waals surface area contributed by atoms with Gasteiger partial charge >= 0.3 is 0 Å². The maximum Gasteiger partial charge on any atom is 0.255 e. The summed E-state index contributed by atoms with van der Waals surface area (Å²) in [6.07, 6.45) is 3.06. The van der Waals surface area contributed by atoms with Crippen molar-refractivity contribution in [3.8, 4) is 6.07 Å². The van der Waals surface area contributed by atoms with Gasteiger partial charge in [-0.2, -0.15) is 5.26 Å². The molecular formula is C16H15N5O2. The first-order valence-corrected chi connectivity index (χ1v) is 7.26. The maximum absolute atomic E-state index is 12.4. The van der Waals surface area contributed by atoms with E-state index in [-0.39, 0.29) is 11.5 Å². The molecule has 116 valence electrons. The Bertz CT molecular complexity index is 795. The predicted molar refractivity (Wildman–Crippen MR) is 84.1 cm³/mol. The van der Waals surface area contributed by atoms with Crippen LogP contribution in [0.1, 0.15) is 15.9 Å². The number of rotatable bonds is 2. The van der Waals surface area contributed by atoms with Crippen molar-refractivity contribution >= 4 is 11.7 Å². The third-order valence-corrected chi connectivity index (χ3v) is 3.80. The number of amides is 1. The molecule has 7 heteroatoms. The molecule has 0 aliphatic carbocycles. The van der Waals surface area contributed by atoms with Crippen molar-refractivity contribution in [1.29, 1.82) is 5.26 Å². The Morgan fingerprint density at radius 1 is 1.22 bits per heavy atom. The Balaban J connectivity index is 1.66. The Hall–Kier alpha value is -3.14. The third kappa shape index (κ3) is 3.21. The van der Waals surface area contributed by atoms with Crippen LogP contribution in [0, 0.1) is 11.3 Å². The molecule has 23 heavy (non-hydrogen) atoms. The van der Waals surface area contributed by atoms with E-state index in [1.807, 2.05) is 0 Å². The number of aromatic nitrogens is 2. The number of carbonyl (C=O) groups is 1. The Labute approximate surface area is 132 Å². The molecule has 1 amide bonds. The molecule has 3 heterocycles. The van der Waals surface area contributed by atoms with Crippen LogP contribution >= 0.6 is 0 Å². The van der Waals surface area contributed by atoms with Crippen LogP contribution in [0.15, 0.2) is 41.5 Å². The molecule has 1 aliphatic rings. The van der Waals surface area contributed by atoms with Crippen LogP contribution in [0.2, 0.25) is 0 Å². The van der Waals surface area contributed by atoms with Crippen LogP contribution in [-0.4, -0.2) is 47.0 Å². The molecule has 0 unspecified atom stereocenters. The molecule has 1 N–H and O–H groups in total. The molecule has 0 bridgehead atoms. The summed E-state index contributed by atoms with van der Waals surface area (Å²) >= 11 is 0. The molecule has 0 radical (unpaired) electrons. The van der Waals surface area contributed by atoms with Crippen molar-refractivity contribution in [3.05, 3.63) is 58.1 Å². The maximum atomic E-state index is 12.4. The predicted octanol–water partition coefficient (Wildman–Crippen LogP) is 0.604. The van der Waals surface area contributed by atoms with Crippen molar-refractivity contribution in [2.75, 3.05) is 31.1 Å². The van der Waals surface area contributed by atoms with E-state index >= 15 is 0 Å². The molecule has 2 aromatic rings. The number of nitrogens with one attached hydrogen (secondary N) is 1. The van der Waals surface area contributed by atoms with Crippen molar-refractivity contribution in [2.45, 2.75) is 0 Å². The molecule has 2 aromatic heterocycles. The van der Waals surface area contributed by atoms with Gasteiger partial charge in [0.1, 0.15) is 5.82 Å². The highest BCUT2D eigenvalue weighted by molar-refractivity contribution is 5.94. The van der Waals surface area contributed by atoms with Crippen LogP contribution < -0.4 is 10.5 Å². The minimum atomic E-state index is -0.227. The number of hydrogen-bond acceptors (Lipinski definition) is 5. The van der Waals surface area contributed by atoms with Crippen molar-refractivity contribution < 1.29 is 4.79 Å². The Kier molecular flexibility index (Phi) is 4.06. The third-order valence-electron chi connectivity index (χ3n) is 3.80. The number of piperazine rings is 1. The highest BCUT2D eigenvalue weighted by atomic mass is 16.2. The lowest BCUT2D eigenvalue weighted by Gasteiger charge is -2.35. The van der Waals surface area contributed by atoms with Crippen LogP contribution in [0.3, 0.4) is 0 Å².